The minimum atomic E-state index is -0.0687. The van der Waals surface area contributed by atoms with Crippen LogP contribution < -0.4 is 10.6 Å². The van der Waals surface area contributed by atoms with Gasteiger partial charge in [-0.25, -0.2) is 0 Å². The van der Waals surface area contributed by atoms with Gasteiger partial charge in [-0.1, -0.05) is 17.7 Å². The van der Waals surface area contributed by atoms with Gasteiger partial charge in [0.15, 0.2) is 5.96 Å². The first-order valence-corrected chi connectivity index (χ1v) is 10.6. The van der Waals surface area contributed by atoms with Crippen LogP contribution in [0.15, 0.2) is 23.2 Å². The number of rotatable bonds is 10. The summed E-state index contributed by atoms with van der Waals surface area (Å²) in [6, 6.07) is 5.49. The number of hydrogen-bond acceptors (Lipinski definition) is 4. The number of nitrogens with one attached hydrogen (secondary N) is 2. The number of carbonyl (C=O) groups is 1. The number of amides is 1. The number of nitrogens with zero attached hydrogens (tertiary/aromatic N) is 2. The Balaban J connectivity index is 0.00000450. The molecule has 1 amide bonds. The fourth-order valence-electron chi connectivity index (χ4n) is 3.20. The lowest BCUT2D eigenvalue weighted by Crippen LogP contribution is -2.40. The Kier molecular flexibility index (Phi) is 13.3. The van der Waals surface area contributed by atoms with Gasteiger partial charge in [0.1, 0.15) is 0 Å². The van der Waals surface area contributed by atoms with Crippen LogP contribution in [0.2, 0.25) is 5.02 Å². The van der Waals surface area contributed by atoms with Crippen molar-refractivity contribution in [1.82, 2.24) is 10.2 Å². The summed E-state index contributed by atoms with van der Waals surface area (Å²) in [6.07, 6.45) is 1.39. The minimum Gasteiger partial charge on any atom is -0.382 e. The Morgan fingerprint density at radius 2 is 2.17 bits per heavy atom. The van der Waals surface area contributed by atoms with E-state index < -0.39 is 0 Å². The molecule has 7 nitrogen and oxygen atoms in total. The third-order valence-electron chi connectivity index (χ3n) is 4.85. The summed E-state index contributed by atoms with van der Waals surface area (Å²) < 4.78 is 10.7. The van der Waals surface area contributed by atoms with Gasteiger partial charge < -0.3 is 25.0 Å². The Hall–Kier alpha value is -1.10. The number of benzene rings is 1. The summed E-state index contributed by atoms with van der Waals surface area (Å²) in [4.78, 5) is 19.2. The molecule has 0 saturated carbocycles. The molecule has 1 atom stereocenters. The van der Waals surface area contributed by atoms with Gasteiger partial charge in [0.05, 0.1) is 26.4 Å². The van der Waals surface area contributed by atoms with Gasteiger partial charge in [-0.05, 0) is 38.0 Å². The van der Waals surface area contributed by atoms with Gasteiger partial charge in [0.25, 0.3) is 0 Å². The molecular weight excluding hydrogens is 519 g/mol. The normalized spacial score (nSPS) is 16.3. The van der Waals surface area contributed by atoms with E-state index in [1.807, 2.05) is 32.0 Å². The van der Waals surface area contributed by atoms with E-state index in [-0.39, 0.29) is 29.9 Å². The maximum absolute atomic E-state index is 12.3. The van der Waals surface area contributed by atoms with E-state index in [1.54, 1.807) is 7.11 Å². The molecule has 1 aliphatic rings. The van der Waals surface area contributed by atoms with E-state index in [9.17, 15) is 4.79 Å². The van der Waals surface area contributed by atoms with E-state index in [0.29, 0.717) is 37.1 Å². The molecule has 1 aliphatic heterocycles. The number of guanidine groups is 1. The Labute approximate surface area is 201 Å². The molecule has 1 fully saturated rings. The Morgan fingerprint density at radius 1 is 1.37 bits per heavy atom. The molecule has 1 saturated heterocycles. The van der Waals surface area contributed by atoms with Crippen LogP contribution in [0, 0.1) is 12.8 Å². The molecule has 0 bridgehead atoms. The van der Waals surface area contributed by atoms with E-state index >= 15 is 0 Å². The molecule has 0 spiro atoms. The van der Waals surface area contributed by atoms with E-state index in [4.69, 9.17) is 21.1 Å². The summed E-state index contributed by atoms with van der Waals surface area (Å²) in [5.74, 6) is 1.28. The first-order valence-electron chi connectivity index (χ1n) is 10.2. The monoisotopic (exact) mass is 552 g/mol. The van der Waals surface area contributed by atoms with Crippen molar-refractivity contribution in [1.29, 1.82) is 0 Å². The molecule has 9 heteroatoms. The number of likely N-dealkylation sites (tertiary alicyclic amines) is 1. The van der Waals surface area contributed by atoms with Gasteiger partial charge in [-0.3, -0.25) is 9.79 Å². The molecular formula is C21H34ClIN4O3. The smallest absolute Gasteiger partial charge is 0.226 e. The van der Waals surface area contributed by atoms with Gasteiger partial charge in [0, 0.05) is 49.8 Å². The first kappa shape index (κ1) is 26.9. The highest BCUT2D eigenvalue weighted by molar-refractivity contribution is 14.0. The van der Waals surface area contributed by atoms with Crippen LogP contribution in [0.25, 0.3) is 0 Å². The van der Waals surface area contributed by atoms with E-state index in [0.717, 1.165) is 49.9 Å². The summed E-state index contributed by atoms with van der Waals surface area (Å²) in [5, 5.41) is 6.88. The lowest BCUT2D eigenvalue weighted by Gasteiger charge is -2.21. The number of halogens is 2. The average molecular weight is 553 g/mol. The third kappa shape index (κ3) is 8.95. The molecule has 170 valence electrons. The zero-order chi connectivity index (χ0) is 21.1. The number of hydrogen-bond donors (Lipinski definition) is 2. The van der Waals surface area contributed by atoms with E-state index in [1.165, 1.54) is 0 Å². The van der Waals surface area contributed by atoms with Crippen molar-refractivity contribution in [3.05, 3.63) is 28.8 Å². The number of anilines is 1. The summed E-state index contributed by atoms with van der Waals surface area (Å²) in [7, 11) is 1.68. The molecule has 0 aliphatic carbocycles. The summed E-state index contributed by atoms with van der Waals surface area (Å²) >= 11 is 6.11. The van der Waals surface area contributed by atoms with Crippen LogP contribution in [0.1, 0.15) is 25.3 Å². The van der Waals surface area contributed by atoms with Crippen LogP contribution in [-0.2, 0) is 14.3 Å². The highest BCUT2D eigenvalue weighted by atomic mass is 127. The van der Waals surface area contributed by atoms with Crippen molar-refractivity contribution in [2.45, 2.75) is 26.7 Å². The summed E-state index contributed by atoms with van der Waals surface area (Å²) in [5.41, 5.74) is 1.62. The third-order valence-corrected chi connectivity index (χ3v) is 5.26. The lowest BCUT2D eigenvalue weighted by atomic mass is 10.1. The van der Waals surface area contributed by atoms with Crippen molar-refractivity contribution < 1.29 is 14.3 Å². The quantitative estimate of drug-likeness (QED) is 0.201. The Morgan fingerprint density at radius 3 is 2.90 bits per heavy atom. The average Bonchev–Trinajstić information content (AvgIpc) is 3.17. The molecule has 2 rings (SSSR count). The predicted octanol–water partition coefficient (Wildman–Crippen LogP) is 3.55. The second-order valence-corrected chi connectivity index (χ2v) is 7.52. The van der Waals surface area contributed by atoms with Gasteiger partial charge >= 0.3 is 0 Å². The number of aliphatic imine (C=N–C) groups is 1. The van der Waals surface area contributed by atoms with Crippen molar-refractivity contribution in [3.63, 3.8) is 0 Å². The number of ether oxygens (including phenoxy) is 2. The second-order valence-electron chi connectivity index (χ2n) is 7.11. The minimum absolute atomic E-state index is 0. The molecule has 30 heavy (non-hydrogen) atoms. The predicted molar refractivity (Wildman–Crippen MR) is 133 cm³/mol. The van der Waals surface area contributed by atoms with Crippen molar-refractivity contribution in [2.75, 3.05) is 58.4 Å². The standard InChI is InChI=1S/C21H33ClN4O3.HI/c1-4-23-21(26-11-9-17(14-26)15-29-13-12-28-3)24-10-8-20(27)25-19-7-5-6-18(22)16(19)2;/h5-7,17H,4,8-15H2,1-3H3,(H,23,24)(H,25,27);1H. The molecule has 1 heterocycles. The molecule has 1 unspecified atom stereocenters. The Bertz CT molecular complexity index is 690. The van der Waals surface area contributed by atoms with Crippen molar-refractivity contribution in [3.8, 4) is 0 Å². The highest BCUT2D eigenvalue weighted by Gasteiger charge is 2.25. The SMILES string of the molecule is CCNC(=NCCC(=O)Nc1cccc(Cl)c1C)N1CCC(COCCOC)C1.I. The lowest BCUT2D eigenvalue weighted by molar-refractivity contribution is -0.116. The van der Waals surface area contributed by atoms with Crippen LogP contribution >= 0.6 is 35.6 Å². The van der Waals surface area contributed by atoms with Crippen molar-refractivity contribution in [2.24, 2.45) is 10.9 Å². The van der Waals surface area contributed by atoms with E-state index in [2.05, 4.69) is 20.5 Å². The topological polar surface area (TPSA) is 75.2 Å². The van der Waals surface area contributed by atoms with Crippen LogP contribution in [0.5, 0.6) is 0 Å². The zero-order valence-electron chi connectivity index (χ0n) is 18.1. The molecule has 1 aromatic carbocycles. The maximum Gasteiger partial charge on any atom is 0.226 e. The highest BCUT2D eigenvalue weighted by Crippen LogP contribution is 2.23. The van der Waals surface area contributed by atoms with Crippen LogP contribution in [0.4, 0.5) is 5.69 Å². The zero-order valence-corrected chi connectivity index (χ0v) is 21.2. The van der Waals surface area contributed by atoms with Gasteiger partial charge in [-0.15, -0.1) is 24.0 Å². The van der Waals surface area contributed by atoms with Crippen LogP contribution in [0.3, 0.4) is 0 Å². The van der Waals surface area contributed by atoms with Crippen molar-refractivity contribution >= 4 is 53.1 Å². The molecule has 0 radical (unpaired) electrons. The molecule has 2 N–H and O–H groups in total. The fraction of sp³-hybridized carbons (Fsp3) is 0.619. The molecule has 1 aromatic rings. The molecule has 0 aromatic heterocycles. The fourth-order valence-corrected chi connectivity index (χ4v) is 3.37. The van der Waals surface area contributed by atoms with Gasteiger partial charge in [-0.2, -0.15) is 0 Å². The van der Waals surface area contributed by atoms with Crippen LogP contribution in [-0.4, -0.2) is 69.9 Å². The van der Waals surface area contributed by atoms with Gasteiger partial charge in [0.2, 0.25) is 5.91 Å². The maximum atomic E-state index is 12.3. The summed E-state index contributed by atoms with van der Waals surface area (Å²) in [6.45, 7) is 9.00. The first-order chi connectivity index (χ1) is 14.0. The number of methoxy groups -OCH3 is 1. The largest absolute Gasteiger partial charge is 0.382 e. The number of carbonyl (C=O) groups excluding carboxylic acids is 1. The second kappa shape index (κ2) is 14.8.